The fourth-order valence-electron chi connectivity index (χ4n) is 1.32. The van der Waals surface area contributed by atoms with E-state index >= 15 is 0 Å². The first kappa shape index (κ1) is 12.5. The van der Waals surface area contributed by atoms with Gasteiger partial charge in [-0.15, -0.1) is 0 Å². The third-order valence-corrected chi connectivity index (χ3v) is 3.03. The predicted molar refractivity (Wildman–Crippen MR) is 68.2 cm³/mol. The maximum Gasteiger partial charge on any atom is 0.335 e. The van der Waals surface area contributed by atoms with Crippen LogP contribution in [0.5, 0.6) is 5.75 Å². The molecule has 0 aliphatic heterocycles. The Morgan fingerprint density at radius 3 is 2.78 bits per heavy atom. The highest BCUT2D eigenvalue weighted by Gasteiger charge is 2.02. The monoisotopic (exact) mass is 264 g/mol. The Balaban J connectivity index is 1.75. The summed E-state index contributed by atoms with van der Waals surface area (Å²) >= 11 is 1.57. The Bertz CT molecular complexity index is 497. The highest BCUT2D eigenvalue weighted by atomic mass is 32.2. The van der Waals surface area contributed by atoms with Crippen LogP contribution in [0.4, 0.5) is 0 Å². The van der Waals surface area contributed by atoms with Gasteiger partial charge in [0.1, 0.15) is 5.75 Å². The summed E-state index contributed by atoms with van der Waals surface area (Å²) in [5.74, 6) is 0.503. The molecule has 0 saturated carbocycles. The Morgan fingerprint density at radius 1 is 1.39 bits per heavy atom. The van der Waals surface area contributed by atoms with Crippen LogP contribution >= 0.6 is 11.8 Å². The van der Waals surface area contributed by atoms with Crippen LogP contribution in [0.25, 0.3) is 0 Å². The normalized spacial score (nSPS) is 10.2. The third-order valence-electron chi connectivity index (χ3n) is 2.17. The summed E-state index contributed by atoms with van der Waals surface area (Å²) in [7, 11) is 0. The third kappa shape index (κ3) is 3.53. The van der Waals surface area contributed by atoms with Gasteiger partial charge in [-0.2, -0.15) is 0 Å². The molecule has 6 heteroatoms. The number of hydrogen-bond donors (Lipinski definition) is 2. The molecule has 2 N–H and O–H groups in total. The number of rotatable bonds is 6. The fraction of sp³-hybridized carbons (Fsp3) is 0.167. The van der Waals surface area contributed by atoms with Crippen molar-refractivity contribution in [1.82, 2.24) is 9.97 Å². The average Bonchev–Trinajstić information content (AvgIpc) is 2.88. The fourth-order valence-corrected chi connectivity index (χ4v) is 1.97. The van der Waals surface area contributed by atoms with Crippen molar-refractivity contribution in [2.45, 2.75) is 5.16 Å². The lowest BCUT2D eigenvalue weighted by Gasteiger charge is -2.05. The lowest BCUT2D eigenvalue weighted by atomic mass is 10.2. The molecule has 0 saturated heterocycles. The van der Waals surface area contributed by atoms with Gasteiger partial charge in [-0.1, -0.05) is 11.8 Å². The van der Waals surface area contributed by atoms with Gasteiger partial charge in [0.2, 0.25) is 0 Å². The van der Waals surface area contributed by atoms with Crippen molar-refractivity contribution in [3.05, 3.63) is 42.2 Å². The van der Waals surface area contributed by atoms with E-state index in [9.17, 15) is 4.79 Å². The van der Waals surface area contributed by atoms with Crippen LogP contribution in [0.15, 0.2) is 41.8 Å². The van der Waals surface area contributed by atoms with Gasteiger partial charge in [-0.25, -0.2) is 9.78 Å². The van der Waals surface area contributed by atoms with Crippen LogP contribution in [-0.4, -0.2) is 33.4 Å². The SMILES string of the molecule is O=C(O)c1ccc(OCCSc2ncc[nH]2)cc1. The number of nitrogens with zero attached hydrogens (tertiary/aromatic N) is 1. The number of aromatic amines is 1. The van der Waals surface area contributed by atoms with Gasteiger partial charge < -0.3 is 14.8 Å². The number of carbonyl (C=O) groups is 1. The molecule has 18 heavy (non-hydrogen) atoms. The maximum absolute atomic E-state index is 10.6. The van der Waals surface area contributed by atoms with Crippen LogP contribution in [0, 0.1) is 0 Å². The number of nitrogens with one attached hydrogen (secondary N) is 1. The largest absolute Gasteiger partial charge is 0.493 e. The summed E-state index contributed by atoms with van der Waals surface area (Å²) in [4.78, 5) is 17.7. The summed E-state index contributed by atoms with van der Waals surface area (Å²) in [6.07, 6.45) is 3.47. The van der Waals surface area contributed by atoms with Crippen molar-refractivity contribution in [1.29, 1.82) is 0 Å². The molecule has 0 unspecified atom stereocenters. The predicted octanol–water partition coefficient (Wildman–Crippen LogP) is 2.28. The molecule has 94 valence electrons. The molecule has 2 rings (SSSR count). The highest BCUT2D eigenvalue weighted by Crippen LogP contribution is 2.14. The minimum Gasteiger partial charge on any atom is -0.493 e. The van der Waals surface area contributed by atoms with Gasteiger partial charge in [-0.3, -0.25) is 0 Å². The minimum atomic E-state index is -0.935. The molecule has 0 spiro atoms. The van der Waals surface area contributed by atoms with E-state index in [-0.39, 0.29) is 5.56 Å². The first-order valence-corrected chi connectivity index (χ1v) is 6.32. The van der Waals surface area contributed by atoms with Gasteiger partial charge in [-0.05, 0) is 24.3 Å². The molecule has 0 aliphatic rings. The topological polar surface area (TPSA) is 75.2 Å². The van der Waals surface area contributed by atoms with E-state index in [1.54, 1.807) is 36.3 Å². The molecule has 0 aliphatic carbocycles. The molecular weight excluding hydrogens is 252 g/mol. The first-order chi connectivity index (χ1) is 8.75. The second kappa shape index (κ2) is 6.11. The highest BCUT2D eigenvalue weighted by molar-refractivity contribution is 7.99. The molecule has 0 bridgehead atoms. The number of ether oxygens (including phenoxy) is 1. The quantitative estimate of drug-likeness (QED) is 0.618. The number of aromatic nitrogens is 2. The van der Waals surface area contributed by atoms with Gasteiger partial charge in [0.05, 0.1) is 12.2 Å². The van der Waals surface area contributed by atoms with Gasteiger partial charge >= 0.3 is 5.97 Å². The van der Waals surface area contributed by atoms with E-state index in [1.807, 2.05) is 0 Å². The number of carboxylic acid groups (broad SMARTS) is 1. The van der Waals surface area contributed by atoms with E-state index in [0.717, 1.165) is 10.9 Å². The van der Waals surface area contributed by atoms with Crippen LogP contribution in [0.2, 0.25) is 0 Å². The van der Waals surface area contributed by atoms with Gasteiger partial charge in [0.25, 0.3) is 0 Å². The zero-order chi connectivity index (χ0) is 12.8. The number of imidazole rings is 1. The molecule has 0 atom stereocenters. The number of thioether (sulfide) groups is 1. The van der Waals surface area contributed by atoms with Crippen molar-refractivity contribution in [3.63, 3.8) is 0 Å². The average molecular weight is 264 g/mol. The van der Waals surface area contributed by atoms with E-state index in [0.29, 0.717) is 12.4 Å². The summed E-state index contributed by atoms with van der Waals surface area (Å²) in [5, 5.41) is 9.60. The summed E-state index contributed by atoms with van der Waals surface area (Å²) in [6.45, 7) is 0.539. The van der Waals surface area contributed by atoms with E-state index in [2.05, 4.69) is 9.97 Å². The van der Waals surface area contributed by atoms with E-state index in [1.165, 1.54) is 12.1 Å². The summed E-state index contributed by atoms with van der Waals surface area (Å²) in [6, 6.07) is 6.36. The Hall–Kier alpha value is -1.95. The maximum atomic E-state index is 10.6. The molecule has 0 amide bonds. The van der Waals surface area contributed by atoms with Gasteiger partial charge in [0.15, 0.2) is 5.16 Å². The van der Waals surface area contributed by atoms with Crippen molar-refractivity contribution < 1.29 is 14.6 Å². The molecule has 1 aromatic heterocycles. The molecule has 2 aromatic rings. The second-order valence-corrected chi connectivity index (χ2v) is 4.50. The minimum absolute atomic E-state index is 0.257. The smallest absolute Gasteiger partial charge is 0.335 e. The van der Waals surface area contributed by atoms with E-state index in [4.69, 9.17) is 9.84 Å². The molecule has 1 heterocycles. The Morgan fingerprint density at radius 2 is 2.17 bits per heavy atom. The van der Waals surface area contributed by atoms with Crippen molar-refractivity contribution in [2.75, 3.05) is 12.4 Å². The van der Waals surface area contributed by atoms with Crippen LogP contribution in [-0.2, 0) is 0 Å². The number of benzene rings is 1. The lowest BCUT2D eigenvalue weighted by molar-refractivity contribution is 0.0697. The lowest BCUT2D eigenvalue weighted by Crippen LogP contribution is -2.01. The Kier molecular flexibility index (Phi) is 4.25. The van der Waals surface area contributed by atoms with Crippen molar-refractivity contribution in [2.24, 2.45) is 0 Å². The zero-order valence-corrected chi connectivity index (χ0v) is 10.3. The van der Waals surface area contributed by atoms with Crippen LogP contribution in [0.1, 0.15) is 10.4 Å². The summed E-state index contributed by atoms with van der Waals surface area (Å²) < 4.78 is 5.48. The molecule has 0 fully saturated rings. The first-order valence-electron chi connectivity index (χ1n) is 5.34. The van der Waals surface area contributed by atoms with Crippen LogP contribution in [0.3, 0.4) is 0 Å². The van der Waals surface area contributed by atoms with Gasteiger partial charge in [0, 0.05) is 18.1 Å². The number of H-pyrrole nitrogens is 1. The molecule has 5 nitrogen and oxygen atoms in total. The zero-order valence-electron chi connectivity index (χ0n) is 9.50. The second-order valence-electron chi connectivity index (χ2n) is 3.42. The molecule has 0 radical (unpaired) electrons. The number of carboxylic acids is 1. The molecule has 1 aromatic carbocycles. The standard InChI is InChI=1S/C12H12N2O3S/c15-11(16)9-1-3-10(4-2-9)17-7-8-18-12-13-5-6-14-12/h1-6H,7-8H2,(H,13,14)(H,15,16). The number of aromatic carboxylic acids is 1. The Labute approximate surface area is 108 Å². The van der Waals surface area contributed by atoms with Crippen molar-refractivity contribution in [3.8, 4) is 5.75 Å². The molecular formula is C12H12N2O3S. The number of hydrogen-bond acceptors (Lipinski definition) is 4. The van der Waals surface area contributed by atoms with Crippen molar-refractivity contribution >= 4 is 17.7 Å². The van der Waals surface area contributed by atoms with E-state index < -0.39 is 5.97 Å². The summed E-state index contributed by atoms with van der Waals surface area (Å²) in [5.41, 5.74) is 0.257. The van der Waals surface area contributed by atoms with Crippen LogP contribution < -0.4 is 4.74 Å².